The Labute approximate surface area is 146 Å². The zero-order valence-electron chi connectivity index (χ0n) is 12.8. The van der Waals surface area contributed by atoms with Gasteiger partial charge < -0.3 is 0 Å². The Hall–Kier alpha value is -3.37. The van der Waals surface area contributed by atoms with Crippen LogP contribution in [0.3, 0.4) is 0 Å². The second-order valence-electron chi connectivity index (χ2n) is 5.27. The maximum absolute atomic E-state index is 11.2. The summed E-state index contributed by atoms with van der Waals surface area (Å²) in [7, 11) is -4.50. The van der Waals surface area contributed by atoms with E-state index in [0.29, 0.717) is 11.1 Å². The largest absolute Gasteiger partial charge is 0.295 e. The van der Waals surface area contributed by atoms with Crippen LogP contribution in [0.2, 0.25) is 0 Å². The summed E-state index contributed by atoms with van der Waals surface area (Å²) in [6.45, 7) is 0. The number of carbonyl (C=O) groups excluding carboxylic acids is 4. The van der Waals surface area contributed by atoms with Gasteiger partial charge in [-0.05, 0) is 24.3 Å². The number of rotatable bonds is 1. The Morgan fingerprint density at radius 3 is 1.65 bits per heavy atom. The van der Waals surface area contributed by atoms with Crippen LogP contribution in [0.1, 0.15) is 41.4 Å². The lowest BCUT2D eigenvalue weighted by molar-refractivity contribution is 0.0862. The number of fused-ring (bicyclic) bond motifs is 2. The predicted octanol–water partition coefficient (Wildman–Crippen LogP) is 0.387. The first-order valence-corrected chi connectivity index (χ1v) is 8.55. The fraction of sp³-hybridized carbons (Fsp3) is 0. The summed E-state index contributed by atoms with van der Waals surface area (Å²) in [5.41, 5.74) is 0.593. The second kappa shape index (κ2) is 6.17. The van der Waals surface area contributed by atoms with Crippen molar-refractivity contribution >= 4 is 33.7 Å². The third kappa shape index (κ3) is 2.98. The number of hydrogen-bond donors (Lipinski definition) is 3. The van der Waals surface area contributed by atoms with Gasteiger partial charge in [0.05, 0.1) is 22.3 Å². The molecule has 10 heteroatoms. The molecule has 0 fully saturated rings. The number of imide groups is 2. The minimum absolute atomic E-state index is 0.0462. The molecule has 0 saturated heterocycles. The summed E-state index contributed by atoms with van der Waals surface area (Å²) in [6, 6.07) is 10.4. The highest BCUT2D eigenvalue weighted by atomic mass is 32.2. The van der Waals surface area contributed by atoms with Crippen LogP contribution in [-0.4, -0.2) is 36.6 Å². The maximum atomic E-state index is 11.2. The molecule has 2 aromatic carbocycles. The SMILES string of the molecule is O=C1NC(=O)c2c1cccc2S(=O)(=O)O.O=C1NC(=O)c2ccccc21. The van der Waals surface area contributed by atoms with Crippen LogP contribution in [0.5, 0.6) is 0 Å². The normalized spacial score (nSPS) is 14.8. The molecule has 4 rings (SSSR count). The highest BCUT2D eigenvalue weighted by Gasteiger charge is 2.32. The first kappa shape index (κ1) is 17.5. The average molecular weight is 374 g/mol. The van der Waals surface area contributed by atoms with E-state index < -0.39 is 26.8 Å². The van der Waals surface area contributed by atoms with Crippen LogP contribution in [-0.2, 0) is 10.1 Å². The summed E-state index contributed by atoms with van der Waals surface area (Å²) >= 11 is 0. The van der Waals surface area contributed by atoms with Crippen LogP contribution in [0.25, 0.3) is 0 Å². The minimum Gasteiger partial charge on any atom is -0.288 e. The van der Waals surface area contributed by atoms with Gasteiger partial charge in [-0.3, -0.25) is 34.4 Å². The van der Waals surface area contributed by atoms with Crippen molar-refractivity contribution < 1.29 is 32.1 Å². The minimum atomic E-state index is -4.50. The highest BCUT2D eigenvalue weighted by molar-refractivity contribution is 7.86. The van der Waals surface area contributed by atoms with Crippen LogP contribution >= 0.6 is 0 Å². The molecule has 2 aliphatic heterocycles. The molecular formula is C16H10N2O7S. The van der Waals surface area contributed by atoms with E-state index in [1.54, 1.807) is 24.3 Å². The number of nitrogens with one attached hydrogen (secondary N) is 2. The van der Waals surface area contributed by atoms with Crippen LogP contribution in [0.15, 0.2) is 47.4 Å². The zero-order valence-corrected chi connectivity index (χ0v) is 13.7. The monoisotopic (exact) mass is 374 g/mol. The fourth-order valence-electron chi connectivity index (χ4n) is 2.52. The van der Waals surface area contributed by atoms with Gasteiger partial charge >= 0.3 is 0 Å². The van der Waals surface area contributed by atoms with E-state index in [9.17, 15) is 27.6 Å². The molecule has 9 nitrogen and oxygen atoms in total. The van der Waals surface area contributed by atoms with Crippen molar-refractivity contribution in [3.8, 4) is 0 Å². The lowest BCUT2D eigenvalue weighted by Gasteiger charge is -2.00. The lowest BCUT2D eigenvalue weighted by Crippen LogP contribution is -2.20. The summed E-state index contributed by atoms with van der Waals surface area (Å²) in [5.74, 6) is -2.08. The molecule has 0 aliphatic carbocycles. The first-order chi connectivity index (χ1) is 12.2. The molecule has 0 spiro atoms. The van der Waals surface area contributed by atoms with Crippen LogP contribution in [0.4, 0.5) is 0 Å². The van der Waals surface area contributed by atoms with Gasteiger partial charge in [-0.1, -0.05) is 18.2 Å². The molecule has 2 aromatic rings. The summed E-state index contributed by atoms with van der Waals surface area (Å²) in [6.07, 6.45) is 0. The standard InChI is InChI=1S/C8H5NO5S.C8H5NO2/c10-7-4-2-1-3-5(15(12,13)14)6(4)8(11)9-7;10-7-5-3-1-2-4-6(5)8(11)9-7/h1-3H,(H,9,10,11)(H,12,13,14);1-4H,(H,9,10,11). The van der Waals surface area contributed by atoms with Gasteiger partial charge in [0.2, 0.25) is 0 Å². The topological polar surface area (TPSA) is 147 Å². The third-order valence-electron chi connectivity index (χ3n) is 3.65. The van der Waals surface area contributed by atoms with Crippen molar-refractivity contribution in [2.45, 2.75) is 4.90 Å². The second-order valence-corrected chi connectivity index (χ2v) is 6.66. The Kier molecular flexibility index (Phi) is 4.14. The molecule has 4 amide bonds. The average Bonchev–Trinajstić information content (AvgIpc) is 3.04. The van der Waals surface area contributed by atoms with E-state index in [1.165, 1.54) is 12.1 Å². The van der Waals surface area contributed by atoms with Crippen LogP contribution < -0.4 is 10.6 Å². The molecule has 26 heavy (non-hydrogen) atoms. The van der Waals surface area contributed by atoms with Gasteiger partial charge in [-0.15, -0.1) is 0 Å². The zero-order chi connectivity index (χ0) is 19.1. The van der Waals surface area contributed by atoms with Crippen LogP contribution in [0, 0.1) is 0 Å². The van der Waals surface area contributed by atoms with E-state index in [2.05, 4.69) is 5.32 Å². The van der Waals surface area contributed by atoms with Gasteiger partial charge in [0, 0.05) is 0 Å². The number of carbonyl (C=O) groups is 4. The molecule has 2 heterocycles. The van der Waals surface area contributed by atoms with E-state index >= 15 is 0 Å². The van der Waals surface area contributed by atoms with Crippen molar-refractivity contribution in [1.82, 2.24) is 10.6 Å². The van der Waals surface area contributed by atoms with Gasteiger partial charge in [-0.25, -0.2) is 0 Å². The first-order valence-electron chi connectivity index (χ1n) is 7.11. The molecule has 3 N–H and O–H groups in total. The number of benzene rings is 2. The van der Waals surface area contributed by atoms with E-state index in [1.807, 2.05) is 5.32 Å². The summed E-state index contributed by atoms with van der Waals surface area (Å²) in [5, 5.41) is 4.15. The Morgan fingerprint density at radius 1 is 0.654 bits per heavy atom. The Bertz CT molecular complexity index is 1060. The maximum Gasteiger partial charge on any atom is 0.295 e. The molecular weight excluding hydrogens is 364 g/mol. The predicted molar refractivity (Wildman–Crippen MR) is 86.3 cm³/mol. The molecule has 0 atom stereocenters. The lowest BCUT2D eigenvalue weighted by atomic mass is 10.1. The quantitative estimate of drug-likeness (QED) is 0.483. The van der Waals surface area contributed by atoms with Crippen molar-refractivity contribution in [3.63, 3.8) is 0 Å². The van der Waals surface area contributed by atoms with Gasteiger partial charge in [0.1, 0.15) is 4.90 Å². The third-order valence-corrected chi connectivity index (χ3v) is 4.54. The number of amides is 4. The van der Waals surface area contributed by atoms with E-state index in [0.717, 1.165) is 6.07 Å². The fourth-order valence-corrected chi connectivity index (χ4v) is 3.23. The van der Waals surface area contributed by atoms with Crippen molar-refractivity contribution in [1.29, 1.82) is 0 Å². The van der Waals surface area contributed by atoms with Gasteiger partial charge in [0.15, 0.2) is 0 Å². The van der Waals surface area contributed by atoms with Crippen molar-refractivity contribution in [2.75, 3.05) is 0 Å². The van der Waals surface area contributed by atoms with Gasteiger partial charge in [-0.2, -0.15) is 8.42 Å². The Morgan fingerprint density at radius 2 is 1.12 bits per heavy atom. The molecule has 0 bridgehead atoms. The molecule has 132 valence electrons. The van der Waals surface area contributed by atoms with E-state index in [-0.39, 0.29) is 22.9 Å². The van der Waals surface area contributed by atoms with Gasteiger partial charge in [0.25, 0.3) is 33.7 Å². The van der Waals surface area contributed by atoms with E-state index in [4.69, 9.17) is 4.55 Å². The van der Waals surface area contributed by atoms with Crippen molar-refractivity contribution in [3.05, 3.63) is 64.7 Å². The molecule has 0 aromatic heterocycles. The molecule has 2 aliphatic rings. The summed E-state index contributed by atoms with van der Waals surface area (Å²) < 4.78 is 30.7. The molecule has 0 unspecified atom stereocenters. The molecule has 0 saturated carbocycles. The Balaban J connectivity index is 0.000000158. The summed E-state index contributed by atoms with van der Waals surface area (Å²) in [4.78, 5) is 43.7. The van der Waals surface area contributed by atoms with Crippen molar-refractivity contribution in [2.24, 2.45) is 0 Å². The molecule has 0 radical (unpaired) electrons. The number of hydrogen-bond acceptors (Lipinski definition) is 6. The highest BCUT2D eigenvalue weighted by Crippen LogP contribution is 2.23. The smallest absolute Gasteiger partial charge is 0.288 e.